The fourth-order valence-electron chi connectivity index (χ4n) is 1.05. The standard InChI is InChI=1S/C7H14O4.Y/c1-9-3-7-5-10-4-6(2-8)11-7;/h6-8H,2-5H2,1H3;. The van der Waals surface area contributed by atoms with Gasteiger partial charge >= 0.3 is 0 Å². The zero-order valence-electron chi connectivity index (χ0n) is 7.23. The van der Waals surface area contributed by atoms with Gasteiger partial charge in [0.2, 0.25) is 0 Å². The number of aliphatic hydroxyl groups is 1. The molecule has 0 saturated carbocycles. The molecule has 1 aliphatic rings. The molecule has 1 heterocycles. The first-order valence-corrected chi connectivity index (χ1v) is 3.69. The van der Waals surface area contributed by atoms with Crippen molar-refractivity contribution in [2.45, 2.75) is 12.2 Å². The van der Waals surface area contributed by atoms with E-state index in [9.17, 15) is 0 Å². The topological polar surface area (TPSA) is 47.9 Å². The van der Waals surface area contributed by atoms with Gasteiger partial charge in [-0.15, -0.1) is 0 Å². The van der Waals surface area contributed by atoms with Crippen molar-refractivity contribution in [3.63, 3.8) is 0 Å². The Kier molecular flexibility index (Phi) is 7.94. The molecule has 1 N–H and O–H groups in total. The molecule has 2 atom stereocenters. The van der Waals surface area contributed by atoms with Gasteiger partial charge in [0, 0.05) is 39.8 Å². The average molecular weight is 251 g/mol. The first kappa shape index (κ1) is 12.9. The Labute approximate surface area is 97.4 Å². The normalized spacial score (nSPS) is 29.5. The minimum atomic E-state index is -0.177. The minimum absolute atomic E-state index is 0. The molecule has 1 fully saturated rings. The SMILES string of the molecule is COCC1COCC(CO)O1.[Y]. The van der Waals surface area contributed by atoms with Gasteiger partial charge < -0.3 is 19.3 Å². The molecule has 1 aliphatic heterocycles. The predicted octanol–water partition coefficient (Wildman–Crippen LogP) is -0.593. The third-order valence-corrected chi connectivity index (χ3v) is 1.55. The Bertz CT molecular complexity index is 110. The van der Waals surface area contributed by atoms with Gasteiger partial charge in [-0.05, 0) is 0 Å². The second kappa shape index (κ2) is 7.36. The molecule has 1 saturated heterocycles. The van der Waals surface area contributed by atoms with E-state index in [1.165, 1.54) is 0 Å². The number of ether oxygens (including phenoxy) is 3. The predicted molar refractivity (Wildman–Crippen MR) is 38.4 cm³/mol. The molecule has 1 radical (unpaired) electrons. The second-order valence-corrected chi connectivity index (χ2v) is 2.56. The largest absolute Gasteiger partial charge is 0.394 e. The monoisotopic (exact) mass is 251 g/mol. The van der Waals surface area contributed by atoms with Crippen molar-refractivity contribution in [2.75, 3.05) is 33.5 Å². The zero-order valence-corrected chi connectivity index (χ0v) is 10.1. The molecule has 0 aromatic heterocycles. The van der Waals surface area contributed by atoms with Gasteiger partial charge in [0.05, 0.1) is 26.4 Å². The Hall–Kier alpha value is 0.944. The summed E-state index contributed by atoms with van der Waals surface area (Å²) in [7, 11) is 1.62. The molecule has 69 valence electrons. The summed E-state index contributed by atoms with van der Waals surface area (Å²) in [4.78, 5) is 0. The number of aliphatic hydroxyl groups excluding tert-OH is 1. The van der Waals surface area contributed by atoms with E-state index in [1.807, 2.05) is 0 Å². The van der Waals surface area contributed by atoms with Gasteiger partial charge in [0.25, 0.3) is 0 Å². The minimum Gasteiger partial charge on any atom is -0.394 e. The molecule has 0 aromatic carbocycles. The van der Waals surface area contributed by atoms with Crippen LogP contribution in [0, 0.1) is 0 Å². The Morgan fingerprint density at radius 3 is 2.67 bits per heavy atom. The quantitative estimate of drug-likeness (QED) is 0.728. The first-order valence-electron chi connectivity index (χ1n) is 3.69. The number of hydrogen-bond acceptors (Lipinski definition) is 4. The molecule has 0 amide bonds. The number of hydrogen-bond donors (Lipinski definition) is 1. The van der Waals surface area contributed by atoms with Gasteiger partial charge in [-0.25, -0.2) is 0 Å². The summed E-state index contributed by atoms with van der Waals surface area (Å²) in [6.07, 6.45) is -0.199. The van der Waals surface area contributed by atoms with E-state index in [1.54, 1.807) is 7.11 Å². The van der Waals surface area contributed by atoms with Crippen LogP contribution >= 0.6 is 0 Å². The summed E-state index contributed by atoms with van der Waals surface area (Å²) >= 11 is 0. The summed E-state index contributed by atoms with van der Waals surface area (Å²) < 4.78 is 15.4. The van der Waals surface area contributed by atoms with Crippen LogP contribution in [0.4, 0.5) is 0 Å². The van der Waals surface area contributed by atoms with Crippen LogP contribution in [0.3, 0.4) is 0 Å². The third kappa shape index (κ3) is 4.26. The molecule has 0 spiro atoms. The molecular formula is C7H14O4Y. The van der Waals surface area contributed by atoms with E-state index in [4.69, 9.17) is 19.3 Å². The van der Waals surface area contributed by atoms with E-state index < -0.39 is 0 Å². The molecule has 0 bridgehead atoms. The molecular weight excluding hydrogens is 237 g/mol. The maximum absolute atomic E-state index is 8.73. The van der Waals surface area contributed by atoms with Crippen LogP contribution in [0.15, 0.2) is 0 Å². The van der Waals surface area contributed by atoms with Crippen LogP contribution in [0.2, 0.25) is 0 Å². The van der Waals surface area contributed by atoms with Crippen molar-refractivity contribution >= 4 is 0 Å². The van der Waals surface area contributed by atoms with Crippen LogP contribution in [0.1, 0.15) is 0 Å². The Morgan fingerprint density at radius 1 is 1.42 bits per heavy atom. The van der Waals surface area contributed by atoms with Crippen molar-refractivity contribution in [1.29, 1.82) is 0 Å². The van der Waals surface area contributed by atoms with Gasteiger partial charge in [-0.3, -0.25) is 0 Å². The van der Waals surface area contributed by atoms with Crippen LogP contribution in [-0.4, -0.2) is 50.9 Å². The van der Waals surface area contributed by atoms with Crippen LogP contribution < -0.4 is 0 Å². The van der Waals surface area contributed by atoms with Crippen LogP contribution in [0.5, 0.6) is 0 Å². The fraction of sp³-hybridized carbons (Fsp3) is 1.00. The maximum atomic E-state index is 8.73. The summed E-state index contributed by atoms with van der Waals surface area (Å²) in [6, 6.07) is 0. The van der Waals surface area contributed by atoms with Crippen molar-refractivity contribution in [1.82, 2.24) is 0 Å². The van der Waals surface area contributed by atoms with E-state index in [-0.39, 0.29) is 51.5 Å². The van der Waals surface area contributed by atoms with Gasteiger partial charge in [-0.1, -0.05) is 0 Å². The third-order valence-electron chi connectivity index (χ3n) is 1.55. The smallest absolute Gasteiger partial charge is 0.105 e. The van der Waals surface area contributed by atoms with E-state index in [0.717, 1.165) is 0 Å². The van der Waals surface area contributed by atoms with E-state index >= 15 is 0 Å². The Morgan fingerprint density at radius 2 is 2.08 bits per heavy atom. The molecule has 12 heavy (non-hydrogen) atoms. The van der Waals surface area contributed by atoms with Gasteiger partial charge in [0.1, 0.15) is 12.2 Å². The fourth-order valence-corrected chi connectivity index (χ4v) is 1.05. The zero-order chi connectivity index (χ0) is 8.10. The van der Waals surface area contributed by atoms with Crippen LogP contribution in [-0.2, 0) is 46.9 Å². The van der Waals surface area contributed by atoms with E-state index in [0.29, 0.717) is 19.8 Å². The average Bonchev–Trinajstić information content (AvgIpc) is 2.06. The van der Waals surface area contributed by atoms with Crippen molar-refractivity contribution < 1.29 is 52.0 Å². The summed E-state index contributed by atoms with van der Waals surface area (Å²) in [5.41, 5.74) is 0. The molecule has 1 rings (SSSR count). The maximum Gasteiger partial charge on any atom is 0.105 e. The number of methoxy groups -OCH3 is 1. The first-order chi connectivity index (χ1) is 5.36. The molecule has 2 unspecified atom stereocenters. The summed E-state index contributed by atoms with van der Waals surface area (Å²) in [6.45, 7) is 1.58. The Balaban J connectivity index is 0.00000121. The second-order valence-electron chi connectivity index (χ2n) is 2.56. The van der Waals surface area contributed by atoms with Gasteiger partial charge in [-0.2, -0.15) is 0 Å². The van der Waals surface area contributed by atoms with Crippen molar-refractivity contribution in [3.05, 3.63) is 0 Å². The van der Waals surface area contributed by atoms with Crippen LogP contribution in [0.25, 0.3) is 0 Å². The number of rotatable bonds is 3. The van der Waals surface area contributed by atoms with Crippen molar-refractivity contribution in [3.8, 4) is 0 Å². The summed E-state index contributed by atoms with van der Waals surface area (Å²) in [5, 5.41) is 8.73. The van der Waals surface area contributed by atoms with E-state index in [2.05, 4.69) is 0 Å². The van der Waals surface area contributed by atoms with Crippen molar-refractivity contribution in [2.24, 2.45) is 0 Å². The molecule has 0 aromatic rings. The molecule has 5 heteroatoms. The molecule has 4 nitrogen and oxygen atoms in total. The molecule has 0 aliphatic carbocycles. The summed E-state index contributed by atoms with van der Waals surface area (Å²) in [5.74, 6) is 0. The van der Waals surface area contributed by atoms with Gasteiger partial charge in [0.15, 0.2) is 0 Å².